The third kappa shape index (κ3) is 2.89. The van der Waals surface area contributed by atoms with Gasteiger partial charge in [-0.1, -0.05) is 6.07 Å². The van der Waals surface area contributed by atoms with Crippen LogP contribution in [0.25, 0.3) is 22.0 Å². The van der Waals surface area contributed by atoms with Crippen molar-refractivity contribution in [3.63, 3.8) is 0 Å². The number of hydrogen-bond donors (Lipinski definition) is 2. The molecule has 4 rings (SSSR count). The molecule has 0 bridgehead atoms. The molecular formula is C20H19N3O2. The number of rotatable bonds is 3. The Labute approximate surface area is 145 Å². The Morgan fingerprint density at radius 2 is 1.92 bits per heavy atom. The third-order valence-corrected chi connectivity index (χ3v) is 4.46. The zero-order valence-electron chi connectivity index (χ0n) is 14.4. The predicted octanol–water partition coefficient (Wildman–Crippen LogP) is 4.16. The summed E-state index contributed by atoms with van der Waals surface area (Å²) in [4.78, 5) is 20.1. The normalized spacial score (nSPS) is 11.3. The maximum atomic E-state index is 12.4. The molecule has 25 heavy (non-hydrogen) atoms. The van der Waals surface area contributed by atoms with Gasteiger partial charge in [-0.15, -0.1) is 0 Å². The van der Waals surface area contributed by atoms with Crippen LogP contribution in [-0.2, 0) is 6.54 Å². The van der Waals surface area contributed by atoms with Crippen LogP contribution >= 0.6 is 0 Å². The highest BCUT2D eigenvalue weighted by atomic mass is 16.3. The first-order valence-electron chi connectivity index (χ1n) is 8.24. The van der Waals surface area contributed by atoms with E-state index in [0.717, 1.165) is 33.4 Å². The van der Waals surface area contributed by atoms with Gasteiger partial charge in [-0.05, 0) is 67.8 Å². The smallest absolute Gasteiger partial charge is 0.287 e. The van der Waals surface area contributed by atoms with Gasteiger partial charge >= 0.3 is 0 Å². The standard InChI is InChI=1S/C20H19N3O2/c1-11-4-5-15-16(6-11)23-19(22-15)10-21-20(24)18-9-14-7-12(2)13(3)8-17(14)25-18/h4-9H,10H2,1-3H3,(H,21,24)(H,22,23). The number of aryl methyl sites for hydroxylation is 3. The summed E-state index contributed by atoms with van der Waals surface area (Å²) >= 11 is 0. The quantitative estimate of drug-likeness (QED) is 0.591. The molecule has 0 spiro atoms. The molecule has 5 nitrogen and oxygen atoms in total. The Hall–Kier alpha value is -3.08. The van der Waals surface area contributed by atoms with Crippen LogP contribution in [0.5, 0.6) is 0 Å². The van der Waals surface area contributed by atoms with Crippen molar-refractivity contribution in [3.8, 4) is 0 Å². The summed E-state index contributed by atoms with van der Waals surface area (Å²) in [6, 6.07) is 11.8. The van der Waals surface area contributed by atoms with E-state index in [0.29, 0.717) is 12.3 Å². The number of aromatic nitrogens is 2. The molecule has 2 aromatic heterocycles. The second kappa shape index (κ2) is 5.77. The highest BCUT2D eigenvalue weighted by Gasteiger charge is 2.13. The molecule has 2 aromatic carbocycles. The van der Waals surface area contributed by atoms with E-state index in [2.05, 4.69) is 15.3 Å². The van der Waals surface area contributed by atoms with E-state index >= 15 is 0 Å². The molecule has 0 aliphatic rings. The lowest BCUT2D eigenvalue weighted by molar-refractivity contribution is 0.0924. The van der Waals surface area contributed by atoms with E-state index in [1.807, 2.05) is 51.1 Å². The third-order valence-electron chi connectivity index (χ3n) is 4.46. The fraction of sp³-hybridized carbons (Fsp3) is 0.200. The van der Waals surface area contributed by atoms with Gasteiger partial charge in [-0.3, -0.25) is 4.79 Å². The summed E-state index contributed by atoms with van der Waals surface area (Å²) in [5, 5.41) is 3.79. The molecule has 0 saturated heterocycles. The van der Waals surface area contributed by atoms with Crippen molar-refractivity contribution in [2.75, 3.05) is 0 Å². The molecule has 4 aromatic rings. The summed E-state index contributed by atoms with van der Waals surface area (Å²) in [6.45, 7) is 6.43. The van der Waals surface area contributed by atoms with E-state index in [4.69, 9.17) is 4.42 Å². The molecule has 0 unspecified atom stereocenters. The summed E-state index contributed by atoms with van der Waals surface area (Å²) in [5.74, 6) is 0.784. The lowest BCUT2D eigenvalue weighted by Crippen LogP contribution is -2.22. The van der Waals surface area contributed by atoms with Gasteiger partial charge < -0.3 is 14.7 Å². The Balaban J connectivity index is 1.53. The van der Waals surface area contributed by atoms with Crippen LogP contribution in [0.1, 0.15) is 33.1 Å². The zero-order valence-corrected chi connectivity index (χ0v) is 14.4. The van der Waals surface area contributed by atoms with E-state index in [1.165, 1.54) is 11.1 Å². The van der Waals surface area contributed by atoms with Crippen LogP contribution in [0, 0.1) is 20.8 Å². The SMILES string of the molecule is Cc1ccc2nc(CNC(=O)c3cc4cc(C)c(C)cc4o3)[nH]c2c1. The number of hydrogen-bond acceptors (Lipinski definition) is 3. The molecular weight excluding hydrogens is 314 g/mol. The number of furan rings is 1. The van der Waals surface area contributed by atoms with Crippen molar-refractivity contribution in [2.45, 2.75) is 27.3 Å². The molecule has 0 aliphatic carbocycles. The number of benzene rings is 2. The maximum absolute atomic E-state index is 12.4. The van der Waals surface area contributed by atoms with Gasteiger partial charge in [0.05, 0.1) is 17.6 Å². The van der Waals surface area contributed by atoms with Crippen LogP contribution in [0.3, 0.4) is 0 Å². The Morgan fingerprint density at radius 3 is 2.76 bits per heavy atom. The first-order valence-corrected chi connectivity index (χ1v) is 8.24. The van der Waals surface area contributed by atoms with Crippen molar-refractivity contribution >= 4 is 27.9 Å². The van der Waals surface area contributed by atoms with Crippen LogP contribution in [0.2, 0.25) is 0 Å². The van der Waals surface area contributed by atoms with Gasteiger partial charge in [0, 0.05) is 5.39 Å². The van der Waals surface area contributed by atoms with Gasteiger partial charge in [0.15, 0.2) is 5.76 Å². The highest BCUT2D eigenvalue weighted by Crippen LogP contribution is 2.23. The number of aromatic amines is 1. The van der Waals surface area contributed by atoms with Gasteiger partial charge in [0.1, 0.15) is 11.4 Å². The van der Waals surface area contributed by atoms with E-state index in [-0.39, 0.29) is 5.91 Å². The minimum Gasteiger partial charge on any atom is -0.451 e. The molecule has 0 saturated carbocycles. The summed E-state index contributed by atoms with van der Waals surface area (Å²) in [5.41, 5.74) is 6.08. The average molecular weight is 333 g/mol. The van der Waals surface area contributed by atoms with Crippen molar-refractivity contribution in [3.05, 3.63) is 64.7 Å². The lowest BCUT2D eigenvalue weighted by Gasteiger charge is -1.99. The van der Waals surface area contributed by atoms with Gasteiger partial charge in [-0.2, -0.15) is 0 Å². The highest BCUT2D eigenvalue weighted by molar-refractivity contribution is 5.96. The molecule has 126 valence electrons. The second-order valence-electron chi connectivity index (χ2n) is 6.47. The molecule has 5 heteroatoms. The number of fused-ring (bicyclic) bond motifs is 2. The van der Waals surface area contributed by atoms with Gasteiger partial charge in [0.25, 0.3) is 5.91 Å². The number of carbonyl (C=O) groups excluding carboxylic acids is 1. The van der Waals surface area contributed by atoms with Crippen LogP contribution in [-0.4, -0.2) is 15.9 Å². The topological polar surface area (TPSA) is 70.9 Å². The van der Waals surface area contributed by atoms with Crippen LogP contribution in [0.4, 0.5) is 0 Å². The first kappa shape index (κ1) is 15.4. The Bertz CT molecular complexity index is 1070. The van der Waals surface area contributed by atoms with Crippen molar-refractivity contribution in [1.82, 2.24) is 15.3 Å². The van der Waals surface area contributed by atoms with Gasteiger partial charge in [-0.25, -0.2) is 4.98 Å². The van der Waals surface area contributed by atoms with Crippen LogP contribution < -0.4 is 5.32 Å². The van der Waals surface area contributed by atoms with Crippen molar-refractivity contribution < 1.29 is 9.21 Å². The predicted molar refractivity (Wildman–Crippen MR) is 97.7 cm³/mol. The van der Waals surface area contributed by atoms with Crippen LogP contribution in [0.15, 0.2) is 40.8 Å². The monoisotopic (exact) mass is 333 g/mol. The summed E-state index contributed by atoms with van der Waals surface area (Å²) in [7, 11) is 0. The summed E-state index contributed by atoms with van der Waals surface area (Å²) in [6.07, 6.45) is 0. The fourth-order valence-electron chi connectivity index (χ4n) is 2.93. The number of carbonyl (C=O) groups is 1. The molecule has 0 radical (unpaired) electrons. The zero-order chi connectivity index (χ0) is 17.6. The van der Waals surface area contributed by atoms with E-state index in [1.54, 1.807) is 6.07 Å². The van der Waals surface area contributed by atoms with E-state index < -0.39 is 0 Å². The minimum atomic E-state index is -0.247. The average Bonchev–Trinajstić information content (AvgIpc) is 3.16. The molecule has 0 aliphatic heterocycles. The molecule has 2 N–H and O–H groups in total. The fourth-order valence-corrected chi connectivity index (χ4v) is 2.93. The van der Waals surface area contributed by atoms with Crippen molar-refractivity contribution in [2.24, 2.45) is 0 Å². The molecule has 0 fully saturated rings. The first-order chi connectivity index (χ1) is 12.0. The Morgan fingerprint density at radius 1 is 1.12 bits per heavy atom. The largest absolute Gasteiger partial charge is 0.451 e. The summed E-state index contributed by atoms with van der Waals surface area (Å²) < 4.78 is 5.69. The number of nitrogens with zero attached hydrogens (tertiary/aromatic N) is 1. The van der Waals surface area contributed by atoms with Crippen molar-refractivity contribution in [1.29, 1.82) is 0 Å². The second-order valence-corrected chi connectivity index (χ2v) is 6.47. The minimum absolute atomic E-state index is 0.247. The van der Waals surface area contributed by atoms with E-state index in [9.17, 15) is 4.79 Å². The molecule has 2 heterocycles. The van der Waals surface area contributed by atoms with Gasteiger partial charge in [0.2, 0.25) is 0 Å². The number of imidazole rings is 1. The maximum Gasteiger partial charge on any atom is 0.287 e. The molecule has 1 amide bonds. The number of nitrogens with one attached hydrogen (secondary N) is 2. The number of amides is 1. The number of H-pyrrole nitrogens is 1. The lowest BCUT2D eigenvalue weighted by atomic mass is 10.1. The Kier molecular flexibility index (Phi) is 3.57. The molecule has 0 atom stereocenters.